The summed E-state index contributed by atoms with van der Waals surface area (Å²) in [6.07, 6.45) is 5.88. The molecule has 2 aromatic heterocycles. The van der Waals surface area contributed by atoms with Gasteiger partial charge in [0.2, 0.25) is 0 Å². The predicted molar refractivity (Wildman–Crippen MR) is 74.3 cm³/mol. The van der Waals surface area contributed by atoms with Gasteiger partial charge in [0.15, 0.2) is 18.2 Å². The fourth-order valence-corrected chi connectivity index (χ4v) is 2.48. The zero-order valence-corrected chi connectivity index (χ0v) is 12.2. The Balaban J connectivity index is 2.27. The summed E-state index contributed by atoms with van der Waals surface area (Å²) in [5.41, 5.74) is 1.07. The lowest BCUT2D eigenvalue weighted by Gasteiger charge is -2.21. The Morgan fingerprint density at radius 2 is 2.14 bits per heavy atom. The second kappa shape index (κ2) is 6.92. The summed E-state index contributed by atoms with van der Waals surface area (Å²) in [5.74, 6) is -1.03. The summed E-state index contributed by atoms with van der Waals surface area (Å²) in [7, 11) is 1.94. The normalized spacial score (nSPS) is 13.8. The molecule has 0 saturated carbocycles. The molecule has 2 heterocycles. The number of rotatable bonds is 7. The van der Waals surface area contributed by atoms with Crippen LogP contribution in [0.25, 0.3) is 0 Å². The molecule has 0 unspecified atom stereocenters. The van der Waals surface area contributed by atoms with Gasteiger partial charge >= 0.3 is 5.97 Å². The summed E-state index contributed by atoms with van der Waals surface area (Å²) in [5, 5.41) is 23.3. The third-order valence-electron chi connectivity index (χ3n) is 3.62. The van der Waals surface area contributed by atoms with E-state index < -0.39 is 11.9 Å². The van der Waals surface area contributed by atoms with Crippen molar-refractivity contribution in [2.75, 3.05) is 0 Å². The predicted octanol–water partition coefficient (Wildman–Crippen LogP) is 0.851. The van der Waals surface area contributed by atoms with E-state index in [1.807, 2.05) is 43.1 Å². The van der Waals surface area contributed by atoms with Crippen LogP contribution in [-0.4, -0.2) is 31.7 Å². The third-order valence-corrected chi connectivity index (χ3v) is 3.62. The van der Waals surface area contributed by atoms with Crippen molar-refractivity contribution in [3.8, 4) is 0 Å². The molecule has 2 N–H and O–H groups in total. The quantitative estimate of drug-likeness (QED) is 0.737. The van der Waals surface area contributed by atoms with E-state index in [9.17, 15) is 9.90 Å². The molecule has 0 radical (unpaired) electrons. The highest BCUT2D eigenvalue weighted by Crippen LogP contribution is 2.29. The SMILES string of the molecule is CCC[C@H](C(=O)O)[C@H](Cc1cc[n+](C)cc1)c1nnn[nH]1. The lowest BCUT2D eigenvalue weighted by atomic mass is 9.83. The second-order valence-corrected chi connectivity index (χ2v) is 5.20. The first-order valence-corrected chi connectivity index (χ1v) is 7.02. The smallest absolute Gasteiger partial charge is 0.307 e. The van der Waals surface area contributed by atoms with Crippen LogP contribution in [0.3, 0.4) is 0 Å². The largest absolute Gasteiger partial charge is 0.481 e. The minimum atomic E-state index is -0.806. The molecular formula is C14H20N5O2+. The van der Waals surface area contributed by atoms with Gasteiger partial charge in [0.25, 0.3) is 0 Å². The average Bonchev–Trinajstić information content (AvgIpc) is 2.98. The van der Waals surface area contributed by atoms with Gasteiger partial charge in [0.05, 0.1) is 5.92 Å². The van der Waals surface area contributed by atoms with Gasteiger partial charge in [0, 0.05) is 18.1 Å². The Morgan fingerprint density at radius 3 is 2.67 bits per heavy atom. The Hall–Kier alpha value is -2.31. The van der Waals surface area contributed by atoms with Crippen LogP contribution in [0.1, 0.15) is 37.1 Å². The minimum absolute atomic E-state index is 0.259. The molecule has 2 atom stereocenters. The summed E-state index contributed by atoms with van der Waals surface area (Å²) in [6, 6.07) is 3.98. The average molecular weight is 290 g/mol. The zero-order valence-electron chi connectivity index (χ0n) is 12.2. The topological polar surface area (TPSA) is 95.6 Å². The number of tetrazole rings is 1. The van der Waals surface area contributed by atoms with Crippen LogP contribution in [0, 0.1) is 5.92 Å². The molecule has 112 valence electrons. The van der Waals surface area contributed by atoms with Crippen molar-refractivity contribution in [2.24, 2.45) is 13.0 Å². The number of hydrogen-bond donors (Lipinski definition) is 2. The molecule has 7 heteroatoms. The highest BCUT2D eigenvalue weighted by Gasteiger charge is 2.31. The van der Waals surface area contributed by atoms with Gasteiger partial charge in [0.1, 0.15) is 7.05 Å². The minimum Gasteiger partial charge on any atom is -0.481 e. The molecule has 0 bridgehead atoms. The van der Waals surface area contributed by atoms with Crippen molar-refractivity contribution in [3.05, 3.63) is 35.9 Å². The number of aryl methyl sites for hydroxylation is 1. The number of pyridine rings is 1. The molecule has 0 aromatic carbocycles. The number of carboxylic acids is 1. The van der Waals surface area contributed by atoms with Crippen molar-refractivity contribution >= 4 is 5.97 Å². The van der Waals surface area contributed by atoms with Crippen LogP contribution in [0.4, 0.5) is 0 Å². The van der Waals surface area contributed by atoms with Crippen LogP contribution < -0.4 is 4.57 Å². The van der Waals surface area contributed by atoms with Gasteiger partial charge in [-0.3, -0.25) is 4.79 Å². The van der Waals surface area contributed by atoms with Crippen molar-refractivity contribution in [2.45, 2.75) is 32.1 Å². The number of nitrogens with zero attached hydrogens (tertiary/aromatic N) is 4. The first-order valence-electron chi connectivity index (χ1n) is 7.02. The molecule has 0 aliphatic heterocycles. The number of H-pyrrole nitrogens is 1. The van der Waals surface area contributed by atoms with E-state index in [1.54, 1.807) is 0 Å². The summed E-state index contributed by atoms with van der Waals surface area (Å²) < 4.78 is 1.94. The second-order valence-electron chi connectivity index (χ2n) is 5.20. The molecule has 0 fully saturated rings. The van der Waals surface area contributed by atoms with Crippen molar-refractivity contribution in [1.29, 1.82) is 0 Å². The lowest BCUT2D eigenvalue weighted by Crippen LogP contribution is -2.27. The Bertz CT molecular complexity index is 568. The first kappa shape index (κ1) is 15.1. The molecule has 7 nitrogen and oxygen atoms in total. The van der Waals surface area contributed by atoms with Crippen LogP contribution in [0.2, 0.25) is 0 Å². The number of carbonyl (C=O) groups is 1. The first-order chi connectivity index (χ1) is 10.1. The van der Waals surface area contributed by atoms with E-state index >= 15 is 0 Å². The highest BCUT2D eigenvalue weighted by molar-refractivity contribution is 5.71. The number of aromatic amines is 1. The number of hydrogen-bond acceptors (Lipinski definition) is 4. The molecule has 2 rings (SSSR count). The fraction of sp³-hybridized carbons (Fsp3) is 0.500. The number of aromatic nitrogens is 5. The summed E-state index contributed by atoms with van der Waals surface area (Å²) in [4.78, 5) is 11.6. The number of aliphatic carboxylic acids is 1. The van der Waals surface area contributed by atoms with Crippen molar-refractivity contribution in [3.63, 3.8) is 0 Å². The van der Waals surface area contributed by atoms with E-state index in [2.05, 4.69) is 20.6 Å². The Kier molecular flexibility index (Phi) is 4.97. The van der Waals surface area contributed by atoms with E-state index in [4.69, 9.17) is 0 Å². The highest BCUT2D eigenvalue weighted by atomic mass is 16.4. The maximum absolute atomic E-state index is 11.6. The lowest BCUT2D eigenvalue weighted by molar-refractivity contribution is -0.671. The van der Waals surface area contributed by atoms with Gasteiger partial charge in [-0.05, 0) is 28.8 Å². The van der Waals surface area contributed by atoms with E-state index in [-0.39, 0.29) is 5.92 Å². The molecule has 2 aromatic rings. The van der Waals surface area contributed by atoms with Gasteiger partial charge in [-0.25, -0.2) is 9.67 Å². The zero-order chi connectivity index (χ0) is 15.2. The Labute approximate surface area is 123 Å². The van der Waals surface area contributed by atoms with E-state index in [0.29, 0.717) is 18.7 Å². The Morgan fingerprint density at radius 1 is 1.43 bits per heavy atom. The van der Waals surface area contributed by atoms with Gasteiger partial charge in [-0.15, -0.1) is 5.10 Å². The molecular weight excluding hydrogens is 270 g/mol. The number of carboxylic acid groups (broad SMARTS) is 1. The summed E-state index contributed by atoms with van der Waals surface area (Å²) >= 11 is 0. The van der Waals surface area contributed by atoms with Crippen LogP contribution in [0.15, 0.2) is 24.5 Å². The molecule has 21 heavy (non-hydrogen) atoms. The fourth-order valence-electron chi connectivity index (χ4n) is 2.48. The molecule has 0 aliphatic rings. The van der Waals surface area contributed by atoms with Gasteiger partial charge in [-0.1, -0.05) is 13.3 Å². The van der Waals surface area contributed by atoms with Crippen LogP contribution in [-0.2, 0) is 18.3 Å². The van der Waals surface area contributed by atoms with E-state index in [0.717, 1.165) is 12.0 Å². The van der Waals surface area contributed by atoms with Crippen LogP contribution >= 0.6 is 0 Å². The monoisotopic (exact) mass is 290 g/mol. The van der Waals surface area contributed by atoms with E-state index in [1.165, 1.54) is 0 Å². The summed E-state index contributed by atoms with van der Waals surface area (Å²) in [6.45, 7) is 1.98. The van der Waals surface area contributed by atoms with Gasteiger partial charge in [-0.2, -0.15) is 0 Å². The van der Waals surface area contributed by atoms with Gasteiger partial charge < -0.3 is 5.11 Å². The van der Waals surface area contributed by atoms with Crippen molar-refractivity contribution in [1.82, 2.24) is 20.6 Å². The standard InChI is InChI=1S/C14H19N5O2/c1-3-4-11(14(20)21)12(13-15-17-18-16-13)9-10-5-7-19(2)8-6-10/h5-8,11-12H,3-4,9H2,1-2H3,(H-,15,16,17,18,20,21)/p+1/t11-,12-/m0/s1. The molecule has 0 aliphatic carbocycles. The van der Waals surface area contributed by atoms with Crippen LogP contribution in [0.5, 0.6) is 0 Å². The maximum atomic E-state index is 11.6. The van der Waals surface area contributed by atoms with Crippen molar-refractivity contribution < 1.29 is 14.5 Å². The number of nitrogens with one attached hydrogen (secondary N) is 1. The maximum Gasteiger partial charge on any atom is 0.307 e. The molecule has 0 amide bonds. The third kappa shape index (κ3) is 3.84. The molecule has 0 saturated heterocycles. The molecule has 0 spiro atoms.